The second-order valence-electron chi connectivity index (χ2n) is 5.14. The predicted molar refractivity (Wildman–Crippen MR) is 78.7 cm³/mol. The van der Waals surface area contributed by atoms with Gasteiger partial charge < -0.3 is 4.57 Å². The highest BCUT2D eigenvalue weighted by Crippen LogP contribution is 2.39. The molecule has 5 heteroatoms. The van der Waals surface area contributed by atoms with Crippen LogP contribution in [-0.4, -0.2) is 19.5 Å². The third-order valence-electron chi connectivity index (χ3n) is 3.96. The molecule has 20 heavy (non-hydrogen) atoms. The van der Waals surface area contributed by atoms with E-state index in [1.54, 1.807) is 6.20 Å². The van der Waals surface area contributed by atoms with Gasteiger partial charge in [0, 0.05) is 35.6 Å². The Kier molecular flexibility index (Phi) is 2.70. The lowest BCUT2D eigenvalue weighted by Gasteiger charge is -2.29. The van der Waals surface area contributed by atoms with Crippen molar-refractivity contribution in [1.82, 2.24) is 19.5 Å². The molecule has 3 aromatic heterocycles. The quantitative estimate of drug-likeness (QED) is 0.671. The second kappa shape index (κ2) is 4.56. The molecule has 4 nitrogen and oxygen atoms in total. The third-order valence-corrected chi connectivity index (χ3v) is 4.14. The Morgan fingerprint density at radius 1 is 1.20 bits per heavy atom. The van der Waals surface area contributed by atoms with E-state index in [1.807, 2.05) is 24.5 Å². The molecular weight excluding hydrogens is 272 g/mol. The second-order valence-corrected chi connectivity index (χ2v) is 5.48. The number of rotatable bonds is 2. The highest BCUT2D eigenvalue weighted by molar-refractivity contribution is 6.28. The van der Waals surface area contributed by atoms with Gasteiger partial charge in [0.25, 0.3) is 0 Å². The van der Waals surface area contributed by atoms with E-state index >= 15 is 0 Å². The molecule has 0 aliphatic heterocycles. The highest BCUT2D eigenvalue weighted by atomic mass is 35.5. The van der Waals surface area contributed by atoms with E-state index in [9.17, 15) is 0 Å². The molecule has 1 fully saturated rings. The molecule has 0 aromatic carbocycles. The van der Waals surface area contributed by atoms with Crippen LogP contribution in [-0.2, 0) is 0 Å². The van der Waals surface area contributed by atoms with Crippen molar-refractivity contribution in [2.24, 2.45) is 0 Å². The van der Waals surface area contributed by atoms with E-state index in [0.717, 1.165) is 16.6 Å². The zero-order valence-corrected chi connectivity index (χ0v) is 11.6. The van der Waals surface area contributed by atoms with Crippen molar-refractivity contribution in [3.05, 3.63) is 42.1 Å². The van der Waals surface area contributed by atoms with Gasteiger partial charge in [-0.1, -0.05) is 0 Å². The van der Waals surface area contributed by atoms with Crippen LogP contribution in [0.2, 0.25) is 5.28 Å². The van der Waals surface area contributed by atoms with E-state index in [1.165, 1.54) is 25.0 Å². The predicted octanol–water partition coefficient (Wildman–Crippen LogP) is 3.87. The molecule has 1 aliphatic carbocycles. The maximum Gasteiger partial charge on any atom is 0.224 e. The molecular formula is C15H13ClN4. The first kappa shape index (κ1) is 11.9. The van der Waals surface area contributed by atoms with Gasteiger partial charge in [-0.05, 0) is 49.1 Å². The maximum absolute atomic E-state index is 5.97. The van der Waals surface area contributed by atoms with Gasteiger partial charge in [-0.2, -0.15) is 4.98 Å². The lowest BCUT2D eigenvalue weighted by molar-refractivity contribution is 0.323. The van der Waals surface area contributed by atoms with E-state index in [0.29, 0.717) is 11.3 Å². The zero-order valence-electron chi connectivity index (χ0n) is 10.8. The van der Waals surface area contributed by atoms with Crippen molar-refractivity contribution in [2.75, 3.05) is 0 Å². The third kappa shape index (κ3) is 1.79. The van der Waals surface area contributed by atoms with Crippen molar-refractivity contribution in [3.63, 3.8) is 0 Å². The Balaban J connectivity index is 1.99. The zero-order chi connectivity index (χ0) is 13.5. The van der Waals surface area contributed by atoms with Crippen molar-refractivity contribution < 1.29 is 0 Å². The molecule has 1 aliphatic rings. The maximum atomic E-state index is 5.97. The van der Waals surface area contributed by atoms with Crippen LogP contribution in [0.5, 0.6) is 0 Å². The molecule has 0 atom stereocenters. The summed E-state index contributed by atoms with van der Waals surface area (Å²) >= 11 is 5.97. The molecule has 1 saturated carbocycles. The summed E-state index contributed by atoms with van der Waals surface area (Å²) in [7, 11) is 0. The van der Waals surface area contributed by atoms with Crippen molar-refractivity contribution in [2.45, 2.75) is 25.3 Å². The summed E-state index contributed by atoms with van der Waals surface area (Å²) in [5.74, 6) is 0. The van der Waals surface area contributed by atoms with E-state index in [4.69, 9.17) is 11.6 Å². The number of aromatic nitrogens is 4. The molecule has 3 aromatic rings. The summed E-state index contributed by atoms with van der Waals surface area (Å²) in [5, 5.41) is 1.34. The minimum absolute atomic E-state index is 0.303. The van der Waals surface area contributed by atoms with Crippen molar-refractivity contribution in [3.8, 4) is 11.3 Å². The molecule has 100 valence electrons. The summed E-state index contributed by atoms with van der Waals surface area (Å²) in [4.78, 5) is 12.6. The first-order chi connectivity index (χ1) is 9.83. The molecule has 0 bridgehead atoms. The Labute approximate surface area is 121 Å². The average molecular weight is 285 g/mol. The van der Waals surface area contributed by atoms with Crippen LogP contribution in [0.15, 0.2) is 36.8 Å². The van der Waals surface area contributed by atoms with Crippen LogP contribution in [0, 0.1) is 0 Å². The largest absolute Gasteiger partial charge is 0.322 e. The number of fused-ring (bicyclic) bond motifs is 1. The first-order valence-electron chi connectivity index (χ1n) is 6.77. The summed E-state index contributed by atoms with van der Waals surface area (Å²) < 4.78 is 2.31. The van der Waals surface area contributed by atoms with Gasteiger partial charge >= 0.3 is 0 Å². The monoisotopic (exact) mass is 284 g/mol. The minimum atomic E-state index is 0.303. The topological polar surface area (TPSA) is 43.6 Å². The minimum Gasteiger partial charge on any atom is -0.322 e. The lowest BCUT2D eigenvalue weighted by atomic mass is 9.92. The van der Waals surface area contributed by atoms with Gasteiger partial charge in [-0.15, -0.1) is 0 Å². The van der Waals surface area contributed by atoms with E-state index < -0.39 is 0 Å². The summed E-state index contributed by atoms with van der Waals surface area (Å²) in [6, 6.07) is 6.71. The molecule has 4 rings (SSSR count). The van der Waals surface area contributed by atoms with Crippen LogP contribution >= 0.6 is 11.6 Å². The highest BCUT2D eigenvalue weighted by Gasteiger charge is 2.25. The number of hydrogen-bond donors (Lipinski definition) is 0. The molecule has 0 amide bonds. The van der Waals surface area contributed by atoms with Crippen molar-refractivity contribution >= 4 is 22.6 Å². The Bertz CT molecular complexity index is 762. The summed E-state index contributed by atoms with van der Waals surface area (Å²) in [5.41, 5.74) is 3.26. The molecule has 0 unspecified atom stereocenters. The van der Waals surface area contributed by atoms with Gasteiger partial charge in [-0.3, -0.25) is 4.98 Å². The van der Waals surface area contributed by atoms with Crippen LogP contribution < -0.4 is 0 Å². The Morgan fingerprint density at radius 3 is 2.70 bits per heavy atom. The van der Waals surface area contributed by atoms with Gasteiger partial charge in [0.05, 0.1) is 5.69 Å². The molecule has 0 spiro atoms. The fourth-order valence-electron chi connectivity index (χ4n) is 2.75. The fraction of sp³-hybridized carbons (Fsp3) is 0.267. The van der Waals surface area contributed by atoms with Crippen molar-refractivity contribution in [1.29, 1.82) is 0 Å². The number of pyridine rings is 1. The smallest absolute Gasteiger partial charge is 0.224 e. The standard InChI is InChI=1S/C15H13ClN4/c16-15-18-9-11-8-13(10-4-6-17-7-5-10)20(14(11)19-15)12-2-1-3-12/h4-9,12H,1-3H2. The van der Waals surface area contributed by atoms with Gasteiger partial charge in [-0.25, -0.2) is 4.98 Å². The normalized spacial score (nSPS) is 15.4. The van der Waals surface area contributed by atoms with Crippen LogP contribution in [0.3, 0.4) is 0 Å². The van der Waals surface area contributed by atoms with Crippen LogP contribution in [0.1, 0.15) is 25.3 Å². The van der Waals surface area contributed by atoms with Gasteiger partial charge in [0.1, 0.15) is 5.65 Å². The number of nitrogens with zero attached hydrogens (tertiary/aromatic N) is 4. The number of halogens is 1. The summed E-state index contributed by atoms with van der Waals surface area (Å²) in [6.07, 6.45) is 9.10. The molecule has 0 N–H and O–H groups in total. The van der Waals surface area contributed by atoms with E-state index in [2.05, 4.69) is 25.6 Å². The first-order valence-corrected chi connectivity index (χ1v) is 7.14. The Morgan fingerprint density at radius 2 is 2.00 bits per heavy atom. The van der Waals surface area contributed by atoms with E-state index in [-0.39, 0.29) is 0 Å². The lowest BCUT2D eigenvalue weighted by Crippen LogP contribution is -2.18. The van der Waals surface area contributed by atoms with Gasteiger partial charge in [0.2, 0.25) is 5.28 Å². The molecule has 0 saturated heterocycles. The number of hydrogen-bond acceptors (Lipinski definition) is 3. The Hall–Kier alpha value is -1.94. The summed E-state index contributed by atoms with van der Waals surface area (Å²) in [6.45, 7) is 0. The van der Waals surface area contributed by atoms with Gasteiger partial charge in [0.15, 0.2) is 0 Å². The SMILES string of the molecule is Clc1ncc2cc(-c3ccncc3)n(C3CCC3)c2n1. The van der Waals surface area contributed by atoms with Crippen LogP contribution in [0.4, 0.5) is 0 Å². The van der Waals surface area contributed by atoms with Crippen LogP contribution in [0.25, 0.3) is 22.3 Å². The fourth-order valence-corrected chi connectivity index (χ4v) is 2.88. The molecule has 0 radical (unpaired) electrons. The molecule has 3 heterocycles. The average Bonchev–Trinajstić information content (AvgIpc) is 2.77.